The van der Waals surface area contributed by atoms with Crippen molar-refractivity contribution in [3.63, 3.8) is 0 Å². The molecule has 15 aromatic carbocycles. The van der Waals surface area contributed by atoms with Gasteiger partial charge in [0.05, 0.1) is 54.2 Å². The van der Waals surface area contributed by atoms with Crippen LogP contribution in [0.15, 0.2) is 318 Å². The van der Waals surface area contributed by atoms with Crippen molar-refractivity contribution in [2.75, 3.05) is 0 Å². The molecule has 1 aliphatic carbocycles. The fourth-order valence-electron chi connectivity index (χ4n) is 16.7. The van der Waals surface area contributed by atoms with E-state index in [9.17, 15) is 0 Å². The van der Waals surface area contributed by atoms with Crippen molar-refractivity contribution in [3.8, 4) is 50.7 Å². The molecule has 8 aromatic heterocycles. The Hall–Kier alpha value is -13.4. The second kappa shape index (κ2) is 24.3. The van der Waals surface area contributed by atoms with Crippen molar-refractivity contribution in [2.24, 2.45) is 0 Å². The first-order chi connectivity index (χ1) is 53.0. The van der Waals surface area contributed by atoms with Gasteiger partial charge in [0.15, 0.2) is 5.69 Å². The van der Waals surface area contributed by atoms with E-state index in [0.29, 0.717) is 17.4 Å². The lowest BCUT2D eigenvalue weighted by atomic mass is 9.93. The zero-order valence-corrected chi connectivity index (χ0v) is 59.2. The fourth-order valence-corrected chi connectivity index (χ4v) is 19.4. The molecule has 0 aliphatic heterocycles. The summed E-state index contributed by atoms with van der Waals surface area (Å²) >= 11 is 10.0. The molecule has 8 nitrogen and oxygen atoms in total. The molecule has 24 rings (SSSR count). The van der Waals surface area contributed by atoms with Gasteiger partial charge in [-0.2, -0.15) is 9.97 Å². The van der Waals surface area contributed by atoms with E-state index in [1.807, 2.05) is 83.4 Å². The van der Waals surface area contributed by atoms with Crippen molar-refractivity contribution in [2.45, 2.75) is 0 Å². The number of nitrogens with zero attached hydrogens (tertiary/aromatic N) is 5. The van der Waals surface area contributed by atoms with Crippen molar-refractivity contribution in [1.29, 1.82) is 0 Å². The highest BCUT2D eigenvalue weighted by Gasteiger charge is 2.28. The number of fused-ring (bicyclic) bond motifs is 28. The van der Waals surface area contributed by atoms with Gasteiger partial charge >= 0.3 is 0 Å². The van der Waals surface area contributed by atoms with Crippen LogP contribution in [-0.2, 0) is 0 Å². The van der Waals surface area contributed by atoms with Crippen LogP contribution >= 0.6 is 34.3 Å². The highest BCUT2D eigenvalue weighted by molar-refractivity contribution is 7.27. The number of furan rings is 2. The average molecular weight is 1420 g/mol. The minimum atomic E-state index is 0.174. The standard InChI is InChI=1S/C48H27N3OS.C26H15ClN2O.C22H12NS/c1-2-14-28(15-3-1)29-26-27-34(31-17-5-4-16-30(29)31)44-43-36-21-9-12-24-39(36)52-47(43)50-48(49-44)51-38-23-11-8-20-35(38)41-32-18-6-7-19-33(32)42-37-22-10-13-25-40(37)53-46(42)45(41)51;27-26-28-24(23-21-12-6-7-13-22(21)30-25(23)29-26)20-15-14-17(16-8-2-1-3-9-16)18-10-4-5-11-19(18)20;1-2-8-14-13(7-1)19-15-9-3-5-11-17(15)23-21(19)22-20(14)16-10-4-6-12-18(16)24-22/h1-27H;1-15H;1-4,6-12,23H/q;;+1. The van der Waals surface area contributed by atoms with Crippen LogP contribution in [0.1, 0.15) is 11.3 Å². The third-order valence-electron chi connectivity index (χ3n) is 21.2. The minimum absolute atomic E-state index is 0.174. The maximum absolute atomic E-state index is 6.63. The zero-order chi connectivity index (χ0) is 70.4. The van der Waals surface area contributed by atoms with E-state index in [1.54, 1.807) is 0 Å². The summed E-state index contributed by atoms with van der Waals surface area (Å²) < 4.78 is 20.1. The molecule has 8 heterocycles. The summed E-state index contributed by atoms with van der Waals surface area (Å²) in [5.41, 5.74) is 16.9. The number of aromatic nitrogens is 6. The number of hydrogen-bond acceptors (Lipinski definition) is 8. The zero-order valence-electron chi connectivity index (χ0n) is 56.8. The largest absolute Gasteiger partial charge is 0.438 e. The summed E-state index contributed by atoms with van der Waals surface area (Å²) in [6.45, 7) is 0. The molecule has 0 fully saturated rings. The van der Waals surface area contributed by atoms with E-state index >= 15 is 0 Å². The van der Waals surface area contributed by atoms with Gasteiger partial charge in [-0.3, -0.25) is 9.55 Å². The molecule has 0 saturated carbocycles. The summed E-state index contributed by atoms with van der Waals surface area (Å²) in [5, 5.41) is 22.6. The van der Waals surface area contributed by atoms with Gasteiger partial charge in [0.25, 0.3) is 0 Å². The fraction of sp³-hybridized carbons (Fsp3) is 0. The summed E-state index contributed by atoms with van der Waals surface area (Å²) in [4.78, 5) is 23.6. The number of para-hydroxylation sites is 3. The number of rotatable bonds is 5. The number of hydrogen-bond donors (Lipinski definition) is 1. The third kappa shape index (κ3) is 9.51. The molecule has 107 heavy (non-hydrogen) atoms. The Morgan fingerprint density at radius 3 is 1.34 bits per heavy atom. The van der Waals surface area contributed by atoms with Gasteiger partial charge in [-0.1, -0.05) is 273 Å². The minimum Gasteiger partial charge on any atom is -0.438 e. The monoisotopic (exact) mass is 1420 g/mol. The van der Waals surface area contributed by atoms with Crippen LogP contribution in [0, 0.1) is 6.08 Å². The van der Waals surface area contributed by atoms with E-state index in [-0.39, 0.29) is 5.28 Å². The summed E-state index contributed by atoms with van der Waals surface area (Å²) in [5.74, 6) is 0.586. The van der Waals surface area contributed by atoms with Crippen LogP contribution in [0.3, 0.4) is 0 Å². The Morgan fingerprint density at radius 1 is 0.346 bits per heavy atom. The first kappa shape index (κ1) is 61.1. The van der Waals surface area contributed by atoms with Gasteiger partial charge in [-0.15, -0.1) is 22.7 Å². The van der Waals surface area contributed by atoms with Crippen LogP contribution in [0.2, 0.25) is 5.28 Å². The maximum atomic E-state index is 6.63. The smallest absolute Gasteiger partial charge is 0.238 e. The maximum Gasteiger partial charge on any atom is 0.238 e. The molecule has 0 atom stereocenters. The molecule has 23 aromatic rings. The van der Waals surface area contributed by atoms with Crippen molar-refractivity contribution >= 4 is 207 Å². The van der Waals surface area contributed by atoms with Crippen LogP contribution < -0.4 is 0 Å². The predicted octanol–water partition coefficient (Wildman–Crippen LogP) is 27.5. The second-order valence-electron chi connectivity index (χ2n) is 27.0. The molecule has 1 aliphatic rings. The van der Waals surface area contributed by atoms with E-state index in [4.69, 9.17) is 30.4 Å². The first-order valence-electron chi connectivity index (χ1n) is 35.6. The molecule has 1 N–H and O–H groups in total. The lowest BCUT2D eigenvalue weighted by molar-refractivity contribution is 0.651. The van der Waals surface area contributed by atoms with Gasteiger partial charge in [-0.05, 0) is 107 Å². The molecule has 0 unspecified atom stereocenters. The summed E-state index contributed by atoms with van der Waals surface area (Å²) in [6, 6.07) is 107. The van der Waals surface area contributed by atoms with Gasteiger partial charge in [0.2, 0.25) is 22.7 Å². The molecular weight excluding hydrogens is 1370 g/mol. The number of benzene rings is 15. The number of nitrogens with one attached hydrogen (secondary N) is 1. The quantitative estimate of drug-likeness (QED) is 0.136. The molecule has 0 radical (unpaired) electrons. The number of halogens is 1. The Bertz CT molecular complexity index is 7730. The van der Waals surface area contributed by atoms with E-state index < -0.39 is 0 Å². The van der Waals surface area contributed by atoms with E-state index in [2.05, 4.69) is 286 Å². The predicted molar refractivity (Wildman–Crippen MR) is 451 cm³/mol. The number of aromatic amines is 1. The summed E-state index contributed by atoms with van der Waals surface area (Å²) in [7, 11) is 0. The van der Waals surface area contributed by atoms with Crippen molar-refractivity contribution < 1.29 is 8.83 Å². The number of thiophene rings is 2. The van der Waals surface area contributed by atoms with E-state index in [0.717, 1.165) is 88.1 Å². The SMILES string of the molecule is Clc1nc(-c2ccc(-c3ccccc3)c3ccccc23)c2c(n1)oc1ccccc12.[C+]1=Cc2[nH]c3c4sc5ccccc5c4c4ccccc4c3c2C=C1.c1ccc(-c2ccc(-c3nc(-n4c5ccccc5c5c6ccccc6c6c7ccccc7sc6c54)nc4oc5ccccc5c34)c3ccccc23)cc1. The molecule has 0 bridgehead atoms. The van der Waals surface area contributed by atoms with Gasteiger partial charge in [0, 0.05) is 75.1 Å². The van der Waals surface area contributed by atoms with Crippen LogP contribution in [0.5, 0.6) is 0 Å². The Kier molecular flexibility index (Phi) is 13.9. The van der Waals surface area contributed by atoms with Crippen LogP contribution in [0.4, 0.5) is 0 Å². The Labute approximate surface area is 623 Å². The van der Waals surface area contributed by atoms with Gasteiger partial charge < -0.3 is 8.83 Å². The lowest BCUT2D eigenvalue weighted by Gasteiger charge is -2.14. The first-order valence-corrected chi connectivity index (χ1v) is 37.6. The number of allylic oxidation sites excluding steroid dienone is 2. The topological polar surface area (TPSA) is 98.6 Å². The van der Waals surface area contributed by atoms with Crippen LogP contribution in [-0.4, -0.2) is 29.5 Å². The molecule has 0 saturated heterocycles. The second-order valence-corrected chi connectivity index (χ2v) is 29.5. The third-order valence-corrected chi connectivity index (χ3v) is 23.8. The van der Waals surface area contributed by atoms with Gasteiger partial charge in [0.1, 0.15) is 28.9 Å². The molecule has 0 amide bonds. The average Bonchev–Trinajstić information content (AvgIpc) is 1.54. The van der Waals surface area contributed by atoms with Gasteiger partial charge in [-0.25, -0.2) is 9.97 Å². The number of H-pyrrole nitrogens is 1. The van der Waals surface area contributed by atoms with Crippen molar-refractivity contribution in [1.82, 2.24) is 29.5 Å². The Morgan fingerprint density at radius 2 is 0.766 bits per heavy atom. The Balaban J connectivity index is 0.000000111. The molecule has 498 valence electrons. The van der Waals surface area contributed by atoms with Crippen molar-refractivity contribution in [3.05, 3.63) is 332 Å². The highest BCUT2D eigenvalue weighted by Crippen LogP contribution is 2.51. The van der Waals surface area contributed by atoms with Crippen LogP contribution in [0.25, 0.3) is 223 Å². The normalized spacial score (nSPS) is 12.2. The lowest BCUT2D eigenvalue weighted by Crippen LogP contribution is -2.03. The highest BCUT2D eigenvalue weighted by atomic mass is 35.5. The summed E-state index contributed by atoms with van der Waals surface area (Å²) in [6.07, 6.45) is 9.40. The molecular formula is C96H54ClN6O2S2+. The molecule has 11 heteroatoms. The molecule has 0 spiro atoms. The van der Waals surface area contributed by atoms with E-state index in [1.165, 1.54) is 117 Å².